The SMILES string of the molecule is CCc1ccc2c(c1)C(CC(=O)O)CN2C. The molecule has 1 aliphatic rings. The van der Waals surface area contributed by atoms with Crippen LogP contribution in [0.1, 0.15) is 30.4 Å². The fourth-order valence-corrected chi connectivity index (χ4v) is 2.41. The second-order valence-electron chi connectivity index (χ2n) is 4.42. The van der Waals surface area contributed by atoms with Gasteiger partial charge in [0.15, 0.2) is 0 Å². The highest BCUT2D eigenvalue weighted by atomic mass is 16.4. The minimum absolute atomic E-state index is 0.143. The zero-order valence-corrected chi connectivity index (χ0v) is 9.73. The molecule has 0 spiro atoms. The first-order valence-corrected chi connectivity index (χ1v) is 5.67. The Bertz CT molecular complexity index is 414. The molecule has 1 aromatic rings. The number of hydrogen-bond donors (Lipinski definition) is 1. The Morgan fingerprint density at radius 2 is 2.31 bits per heavy atom. The molecular formula is C13H17NO2. The van der Waals surface area contributed by atoms with Gasteiger partial charge in [0.2, 0.25) is 0 Å². The normalized spacial score (nSPS) is 18.6. The van der Waals surface area contributed by atoms with E-state index in [2.05, 4.69) is 30.0 Å². The lowest BCUT2D eigenvalue weighted by Crippen LogP contribution is -2.16. The van der Waals surface area contributed by atoms with E-state index in [-0.39, 0.29) is 12.3 Å². The Morgan fingerprint density at radius 3 is 2.94 bits per heavy atom. The average Bonchev–Trinajstić information content (AvgIpc) is 2.54. The fraction of sp³-hybridized carbons (Fsp3) is 0.462. The standard InChI is InChI=1S/C13H17NO2/c1-3-9-4-5-12-11(6-9)10(7-13(15)16)8-14(12)2/h4-6,10H,3,7-8H2,1-2H3,(H,15,16). The van der Waals surface area contributed by atoms with Crippen LogP contribution in [-0.2, 0) is 11.2 Å². The maximum atomic E-state index is 10.8. The summed E-state index contributed by atoms with van der Waals surface area (Å²) < 4.78 is 0. The zero-order chi connectivity index (χ0) is 11.7. The minimum atomic E-state index is -0.715. The van der Waals surface area contributed by atoms with E-state index in [1.165, 1.54) is 16.8 Å². The van der Waals surface area contributed by atoms with E-state index < -0.39 is 5.97 Å². The number of likely N-dealkylation sites (N-methyl/N-ethyl adjacent to an activating group) is 1. The number of fused-ring (bicyclic) bond motifs is 1. The number of rotatable bonds is 3. The number of benzene rings is 1. The van der Waals surface area contributed by atoms with Gasteiger partial charge in [-0.3, -0.25) is 4.79 Å². The summed E-state index contributed by atoms with van der Waals surface area (Å²) in [6.07, 6.45) is 1.22. The number of aryl methyl sites for hydroxylation is 1. The second kappa shape index (κ2) is 4.16. The van der Waals surface area contributed by atoms with E-state index in [1.807, 2.05) is 7.05 Å². The predicted octanol–water partition coefficient (Wildman–Crippen LogP) is 2.26. The van der Waals surface area contributed by atoms with Crippen molar-refractivity contribution in [3.05, 3.63) is 29.3 Å². The second-order valence-corrected chi connectivity index (χ2v) is 4.42. The van der Waals surface area contributed by atoms with Crippen molar-refractivity contribution < 1.29 is 9.90 Å². The molecular weight excluding hydrogens is 202 g/mol. The molecule has 0 radical (unpaired) electrons. The van der Waals surface area contributed by atoms with Crippen LogP contribution in [0.15, 0.2) is 18.2 Å². The molecule has 0 aromatic heterocycles. The Balaban J connectivity index is 2.34. The molecule has 3 nitrogen and oxygen atoms in total. The van der Waals surface area contributed by atoms with Crippen molar-refractivity contribution in [2.75, 3.05) is 18.5 Å². The third-order valence-electron chi connectivity index (χ3n) is 3.27. The summed E-state index contributed by atoms with van der Waals surface area (Å²) in [6, 6.07) is 6.39. The molecule has 0 amide bonds. The summed E-state index contributed by atoms with van der Waals surface area (Å²) in [5.74, 6) is -0.572. The highest BCUT2D eigenvalue weighted by Gasteiger charge is 2.28. The van der Waals surface area contributed by atoms with Gasteiger partial charge in [-0.05, 0) is 23.6 Å². The van der Waals surface area contributed by atoms with Crippen LogP contribution in [0.4, 0.5) is 5.69 Å². The molecule has 1 heterocycles. The van der Waals surface area contributed by atoms with E-state index in [0.29, 0.717) is 0 Å². The summed E-state index contributed by atoms with van der Waals surface area (Å²) in [6.45, 7) is 2.93. The Morgan fingerprint density at radius 1 is 1.56 bits per heavy atom. The van der Waals surface area contributed by atoms with E-state index >= 15 is 0 Å². The van der Waals surface area contributed by atoms with Crippen LogP contribution in [0.5, 0.6) is 0 Å². The first kappa shape index (κ1) is 11.0. The number of carboxylic acid groups (broad SMARTS) is 1. The molecule has 1 atom stereocenters. The van der Waals surface area contributed by atoms with Crippen LogP contribution in [0, 0.1) is 0 Å². The topological polar surface area (TPSA) is 40.5 Å². The molecule has 0 aliphatic carbocycles. The Kier molecular flexibility index (Phi) is 2.86. The molecule has 1 aliphatic heterocycles. The fourth-order valence-electron chi connectivity index (χ4n) is 2.41. The molecule has 86 valence electrons. The van der Waals surface area contributed by atoms with Crippen molar-refractivity contribution in [2.24, 2.45) is 0 Å². The van der Waals surface area contributed by atoms with Crippen molar-refractivity contribution in [3.63, 3.8) is 0 Å². The molecule has 0 saturated carbocycles. The highest BCUT2D eigenvalue weighted by Crippen LogP contribution is 2.37. The average molecular weight is 219 g/mol. The van der Waals surface area contributed by atoms with Gasteiger partial charge >= 0.3 is 5.97 Å². The van der Waals surface area contributed by atoms with Crippen molar-refractivity contribution in [1.29, 1.82) is 0 Å². The molecule has 0 fully saturated rings. The lowest BCUT2D eigenvalue weighted by molar-refractivity contribution is -0.137. The van der Waals surface area contributed by atoms with Crippen molar-refractivity contribution >= 4 is 11.7 Å². The lowest BCUT2D eigenvalue weighted by Gasteiger charge is -2.11. The molecule has 1 N–H and O–H groups in total. The number of nitrogens with zero attached hydrogens (tertiary/aromatic N) is 1. The summed E-state index contributed by atoms with van der Waals surface area (Å²) >= 11 is 0. The molecule has 3 heteroatoms. The molecule has 0 bridgehead atoms. The van der Waals surface area contributed by atoms with Crippen LogP contribution >= 0.6 is 0 Å². The first-order chi connectivity index (χ1) is 7.61. The lowest BCUT2D eigenvalue weighted by atomic mass is 9.96. The van der Waals surface area contributed by atoms with Gasteiger partial charge < -0.3 is 10.0 Å². The maximum Gasteiger partial charge on any atom is 0.304 e. The van der Waals surface area contributed by atoms with Crippen molar-refractivity contribution in [1.82, 2.24) is 0 Å². The monoisotopic (exact) mass is 219 g/mol. The maximum absolute atomic E-state index is 10.8. The van der Waals surface area contributed by atoms with Crippen LogP contribution in [0.2, 0.25) is 0 Å². The van der Waals surface area contributed by atoms with Crippen molar-refractivity contribution in [3.8, 4) is 0 Å². The number of hydrogen-bond acceptors (Lipinski definition) is 2. The van der Waals surface area contributed by atoms with E-state index in [4.69, 9.17) is 5.11 Å². The predicted molar refractivity (Wildman–Crippen MR) is 64.1 cm³/mol. The van der Waals surface area contributed by atoms with E-state index in [0.717, 1.165) is 13.0 Å². The number of aliphatic carboxylic acids is 1. The molecule has 1 aromatic carbocycles. The van der Waals surface area contributed by atoms with Gasteiger partial charge in [0.05, 0.1) is 6.42 Å². The van der Waals surface area contributed by atoms with Gasteiger partial charge in [-0.1, -0.05) is 19.1 Å². The van der Waals surface area contributed by atoms with Crippen LogP contribution in [0.25, 0.3) is 0 Å². The van der Waals surface area contributed by atoms with Crippen LogP contribution < -0.4 is 4.90 Å². The van der Waals surface area contributed by atoms with Gasteiger partial charge in [-0.2, -0.15) is 0 Å². The summed E-state index contributed by atoms with van der Waals surface area (Å²) in [5.41, 5.74) is 3.66. The molecule has 2 rings (SSSR count). The smallest absolute Gasteiger partial charge is 0.304 e. The Hall–Kier alpha value is -1.51. The van der Waals surface area contributed by atoms with Gasteiger partial charge in [0, 0.05) is 25.2 Å². The van der Waals surface area contributed by atoms with Gasteiger partial charge in [-0.25, -0.2) is 0 Å². The van der Waals surface area contributed by atoms with Gasteiger partial charge in [0.1, 0.15) is 0 Å². The van der Waals surface area contributed by atoms with Crippen molar-refractivity contribution in [2.45, 2.75) is 25.7 Å². The quantitative estimate of drug-likeness (QED) is 0.847. The van der Waals surface area contributed by atoms with E-state index in [9.17, 15) is 4.79 Å². The molecule has 0 saturated heterocycles. The molecule has 1 unspecified atom stereocenters. The molecule has 16 heavy (non-hydrogen) atoms. The summed E-state index contributed by atoms with van der Waals surface area (Å²) in [4.78, 5) is 12.9. The first-order valence-electron chi connectivity index (χ1n) is 5.67. The third kappa shape index (κ3) is 1.90. The number of carboxylic acids is 1. The third-order valence-corrected chi connectivity index (χ3v) is 3.27. The largest absolute Gasteiger partial charge is 0.481 e. The van der Waals surface area contributed by atoms with Crippen LogP contribution in [-0.4, -0.2) is 24.7 Å². The van der Waals surface area contributed by atoms with E-state index in [1.54, 1.807) is 0 Å². The van der Waals surface area contributed by atoms with Gasteiger partial charge in [0.25, 0.3) is 0 Å². The van der Waals surface area contributed by atoms with Crippen LogP contribution in [0.3, 0.4) is 0 Å². The summed E-state index contributed by atoms with van der Waals surface area (Å²) in [7, 11) is 2.02. The zero-order valence-electron chi connectivity index (χ0n) is 9.73. The highest BCUT2D eigenvalue weighted by molar-refractivity contribution is 5.71. The Labute approximate surface area is 95.7 Å². The summed E-state index contributed by atoms with van der Waals surface area (Å²) in [5, 5.41) is 8.89. The minimum Gasteiger partial charge on any atom is -0.481 e. The number of carbonyl (C=O) groups is 1. The number of anilines is 1. The van der Waals surface area contributed by atoms with Gasteiger partial charge in [-0.15, -0.1) is 0 Å².